The van der Waals surface area contributed by atoms with Gasteiger partial charge in [-0.1, -0.05) is 0 Å². The summed E-state index contributed by atoms with van der Waals surface area (Å²) < 4.78 is 26.0. The molecule has 0 aromatic carbocycles. The minimum absolute atomic E-state index is 0.140. The Morgan fingerprint density at radius 3 is 2.76 bits per heavy atom. The lowest BCUT2D eigenvalue weighted by atomic mass is 10.3. The van der Waals surface area contributed by atoms with E-state index in [-0.39, 0.29) is 22.8 Å². The summed E-state index contributed by atoms with van der Waals surface area (Å²) in [5.41, 5.74) is 0. The van der Waals surface area contributed by atoms with Gasteiger partial charge in [0.2, 0.25) is 10.0 Å². The van der Waals surface area contributed by atoms with Crippen LogP contribution in [-0.4, -0.2) is 37.2 Å². The molecule has 1 unspecified atom stereocenters. The van der Waals surface area contributed by atoms with Crippen molar-refractivity contribution < 1.29 is 23.4 Å². The van der Waals surface area contributed by atoms with Crippen LogP contribution in [0, 0.1) is 0 Å². The van der Waals surface area contributed by atoms with Crippen molar-refractivity contribution in [1.82, 2.24) is 4.72 Å². The highest BCUT2D eigenvalue weighted by atomic mass is 32.2. The van der Waals surface area contributed by atoms with Gasteiger partial charge < -0.3 is 10.2 Å². The highest BCUT2D eigenvalue weighted by Crippen LogP contribution is 2.22. The average Bonchev–Trinajstić information content (AvgIpc) is 2.65. The molecule has 17 heavy (non-hydrogen) atoms. The minimum Gasteiger partial charge on any atom is -0.477 e. The number of carboxylic acids is 1. The monoisotopic (exact) mass is 279 g/mol. The summed E-state index contributed by atoms with van der Waals surface area (Å²) in [6, 6.07) is 0.800. The van der Waals surface area contributed by atoms with E-state index in [4.69, 9.17) is 10.2 Å². The number of aromatic carboxylic acids is 1. The number of aliphatic hydroxyl groups is 1. The van der Waals surface area contributed by atoms with E-state index in [2.05, 4.69) is 4.72 Å². The van der Waals surface area contributed by atoms with Crippen molar-refractivity contribution in [3.8, 4) is 0 Å². The average molecular weight is 279 g/mol. The Kier molecular flexibility index (Phi) is 4.63. The van der Waals surface area contributed by atoms with E-state index >= 15 is 0 Å². The zero-order chi connectivity index (χ0) is 13.1. The normalized spacial score (nSPS) is 13.5. The Bertz CT molecular complexity index is 493. The molecule has 0 saturated heterocycles. The molecule has 0 amide bonds. The number of hydrogen-bond acceptors (Lipinski definition) is 5. The molecule has 0 saturated carbocycles. The van der Waals surface area contributed by atoms with Crippen LogP contribution in [0.25, 0.3) is 0 Å². The molecule has 6 nitrogen and oxygen atoms in total. The second-order valence-corrected chi connectivity index (χ2v) is 6.05. The van der Waals surface area contributed by atoms with Crippen molar-refractivity contribution >= 4 is 27.3 Å². The number of rotatable bonds is 6. The molecule has 0 aliphatic heterocycles. The Balaban J connectivity index is 2.97. The maximum Gasteiger partial charge on any atom is 0.347 e. The van der Waals surface area contributed by atoms with Crippen LogP contribution in [0.1, 0.15) is 23.0 Å². The number of thiophene rings is 1. The van der Waals surface area contributed by atoms with E-state index in [0.717, 1.165) is 11.3 Å². The van der Waals surface area contributed by atoms with Crippen LogP contribution in [-0.2, 0) is 10.0 Å². The number of carboxylic acid groups (broad SMARTS) is 1. The third kappa shape index (κ3) is 3.50. The summed E-state index contributed by atoms with van der Waals surface area (Å²) in [6.07, 6.45) is 0.270. The molecule has 1 heterocycles. The van der Waals surface area contributed by atoms with Gasteiger partial charge in [-0.05, 0) is 24.8 Å². The summed E-state index contributed by atoms with van der Waals surface area (Å²) in [5, 5.41) is 18.9. The molecule has 8 heteroatoms. The molecule has 3 N–H and O–H groups in total. The Hall–Kier alpha value is -0.960. The molecule has 0 aliphatic rings. The van der Waals surface area contributed by atoms with E-state index in [0.29, 0.717) is 0 Å². The van der Waals surface area contributed by atoms with Crippen molar-refractivity contribution in [3.05, 3.63) is 16.3 Å². The van der Waals surface area contributed by atoms with E-state index in [1.54, 1.807) is 6.92 Å². The van der Waals surface area contributed by atoms with Gasteiger partial charge in [-0.2, -0.15) is 0 Å². The van der Waals surface area contributed by atoms with E-state index in [9.17, 15) is 13.2 Å². The van der Waals surface area contributed by atoms with E-state index in [1.807, 2.05) is 0 Å². The molecule has 1 rings (SSSR count). The van der Waals surface area contributed by atoms with Gasteiger partial charge >= 0.3 is 5.97 Å². The first-order valence-corrected chi connectivity index (χ1v) is 7.18. The lowest BCUT2D eigenvalue weighted by Gasteiger charge is -2.12. The minimum atomic E-state index is -3.85. The third-order valence-corrected chi connectivity index (χ3v) is 4.69. The van der Waals surface area contributed by atoms with E-state index < -0.39 is 22.0 Å². The van der Waals surface area contributed by atoms with Gasteiger partial charge in [0.25, 0.3) is 0 Å². The predicted octanol–water partition coefficient (Wildman–Crippen LogP) is 0.495. The van der Waals surface area contributed by atoms with Gasteiger partial charge in [0.05, 0.1) is 0 Å². The summed E-state index contributed by atoms with van der Waals surface area (Å²) in [4.78, 5) is 10.4. The standard InChI is InChI=1S/C9H13NO5S2/c1-6(2-4-11)10-17(14,15)7-3-5-16-8(7)9(12)13/h3,5-6,10-11H,2,4H2,1H3,(H,12,13). The maximum atomic E-state index is 11.9. The number of nitrogens with one attached hydrogen (secondary N) is 1. The first-order chi connectivity index (χ1) is 7.88. The van der Waals surface area contributed by atoms with Gasteiger partial charge in [-0.3, -0.25) is 0 Å². The molecule has 0 fully saturated rings. The molecule has 0 aliphatic carbocycles. The first kappa shape index (κ1) is 14.1. The second kappa shape index (κ2) is 5.58. The lowest BCUT2D eigenvalue weighted by Crippen LogP contribution is -2.33. The molecule has 0 bridgehead atoms. The fourth-order valence-corrected chi connectivity index (χ4v) is 3.78. The zero-order valence-corrected chi connectivity index (χ0v) is 10.7. The zero-order valence-electron chi connectivity index (χ0n) is 9.08. The third-order valence-electron chi connectivity index (χ3n) is 2.03. The summed E-state index contributed by atoms with van der Waals surface area (Å²) >= 11 is 0.857. The number of aliphatic hydroxyl groups excluding tert-OH is 1. The highest BCUT2D eigenvalue weighted by molar-refractivity contribution is 7.89. The highest BCUT2D eigenvalue weighted by Gasteiger charge is 2.24. The van der Waals surface area contributed by atoms with Crippen LogP contribution in [0.15, 0.2) is 16.3 Å². The largest absolute Gasteiger partial charge is 0.477 e. The fourth-order valence-electron chi connectivity index (χ4n) is 1.25. The van der Waals surface area contributed by atoms with Gasteiger partial charge in [0.1, 0.15) is 9.77 Å². The fraction of sp³-hybridized carbons (Fsp3) is 0.444. The molecule has 96 valence electrons. The van der Waals surface area contributed by atoms with Crippen molar-refractivity contribution in [2.75, 3.05) is 6.61 Å². The molecule has 1 atom stereocenters. The predicted molar refractivity (Wildman–Crippen MR) is 62.8 cm³/mol. The van der Waals surface area contributed by atoms with Crippen LogP contribution in [0.5, 0.6) is 0 Å². The maximum absolute atomic E-state index is 11.9. The van der Waals surface area contributed by atoms with Crippen LogP contribution >= 0.6 is 11.3 Å². The SMILES string of the molecule is CC(CCO)NS(=O)(=O)c1ccsc1C(=O)O. The van der Waals surface area contributed by atoms with Gasteiger partial charge in [-0.15, -0.1) is 11.3 Å². The number of sulfonamides is 1. The molecule has 0 radical (unpaired) electrons. The smallest absolute Gasteiger partial charge is 0.347 e. The quantitative estimate of drug-likeness (QED) is 0.703. The lowest BCUT2D eigenvalue weighted by molar-refractivity contribution is 0.0698. The van der Waals surface area contributed by atoms with Crippen LogP contribution in [0.3, 0.4) is 0 Å². The van der Waals surface area contributed by atoms with Crippen molar-refractivity contribution in [1.29, 1.82) is 0 Å². The van der Waals surface area contributed by atoms with Crippen molar-refractivity contribution in [3.63, 3.8) is 0 Å². The molecular weight excluding hydrogens is 266 g/mol. The molecule has 0 spiro atoms. The number of hydrogen-bond donors (Lipinski definition) is 3. The second-order valence-electron chi connectivity index (χ2n) is 3.45. The van der Waals surface area contributed by atoms with Crippen LogP contribution in [0.4, 0.5) is 0 Å². The number of carbonyl (C=O) groups is 1. The summed E-state index contributed by atoms with van der Waals surface area (Å²) in [5.74, 6) is -1.27. The molecule has 1 aromatic heterocycles. The Morgan fingerprint density at radius 2 is 2.24 bits per heavy atom. The first-order valence-electron chi connectivity index (χ1n) is 4.82. The van der Waals surface area contributed by atoms with Crippen LogP contribution in [0.2, 0.25) is 0 Å². The summed E-state index contributed by atoms with van der Waals surface area (Å²) in [6.45, 7) is 1.46. The van der Waals surface area contributed by atoms with Gasteiger partial charge in [-0.25, -0.2) is 17.9 Å². The van der Waals surface area contributed by atoms with Crippen molar-refractivity contribution in [2.24, 2.45) is 0 Å². The van der Waals surface area contributed by atoms with Crippen LogP contribution < -0.4 is 4.72 Å². The molecule has 1 aromatic rings. The Labute approximate surface area is 103 Å². The van der Waals surface area contributed by atoms with E-state index in [1.165, 1.54) is 11.4 Å². The summed E-state index contributed by atoms with van der Waals surface area (Å²) in [7, 11) is -3.85. The van der Waals surface area contributed by atoms with Gasteiger partial charge in [0, 0.05) is 12.6 Å². The molecular formula is C9H13NO5S2. The van der Waals surface area contributed by atoms with Gasteiger partial charge in [0.15, 0.2) is 0 Å². The topological polar surface area (TPSA) is 104 Å². The van der Waals surface area contributed by atoms with Crippen molar-refractivity contribution in [2.45, 2.75) is 24.3 Å². The Morgan fingerprint density at radius 1 is 1.59 bits per heavy atom.